The SMILES string of the molecule is CN(C1CCCNC1CN)S(C)(=O)=O. The third kappa shape index (κ3) is 2.66. The molecule has 0 radical (unpaired) electrons. The van der Waals surface area contributed by atoms with Gasteiger partial charge in [-0.1, -0.05) is 0 Å². The second-order valence-electron chi connectivity index (χ2n) is 3.79. The zero-order valence-corrected chi connectivity index (χ0v) is 9.55. The summed E-state index contributed by atoms with van der Waals surface area (Å²) in [6, 6.07) is 0.0900. The Morgan fingerprint density at radius 2 is 2.21 bits per heavy atom. The number of likely N-dealkylation sites (N-methyl/N-ethyl adjacent to an activating group) is 1. The first-order valence-electron chi connectivity index (χ1n) is 4.83. The van der Waals surface area contributed by atoms with Crippen LogP contribution >= 0.6 is 0 Å². The van der Waals surface area contributed by atoms with Gasteiger partial charge in [-0.05, 0) is 19.4 Å². The van der Waals surface area contributed by atoms with Crippen LogP contribution in [0.4, 0.5) is 0 Å². The van der Waals surface area contributed by atoms with E-state index in [0.29, 0.717) is 6.54 Å². The van der Waals surface area contributed by atoms with E-state index in [4.69, 9.17) is 5.73 Å². The van der Waals surface area contributed by atoms with Crippen molar-refractivity contribution >= 4 is 10.0 Å². The summed E-state index contributed by atoms with van der Waals surface area (Å²) in [5.41, 5.74) is 5.59. The van der Waals surface area contributed by atoms with Crippen molar-refractivity contribution in [1.82, 2.24) is 9.62 Å². The van der Waals surface area contributed by atoms with E-state index in [2.05, 4.69) is 5.32 Å². The Bertz CT molecular complexity index is 278. The molecule has 1 aliphatic rings. The average Bonchev–Trinajstić information content (AvgIpc) is 2.15. The molecule has 3 N–H and O–H groups in total. The van der Waals surface area contributed by atoms with Gasteiger partial charge in [0, 0.05) is 25.7 Å². The number of nitrogens with one attached hydrogen (secondary N) is 1. The van der Waals surface area contributed by atoms with E-state index in [1.165, 1.54) is 10.6 Å². The fraction of sp³-hybridized carbons (Fsp3) is 1.00. The quantitative estimate of drug-likeness (QED) is 0.638. The summed E-state index contributed by atoms with van der Waals surface area (Å²) in [6.07, 6.45) is 3.12. The van der Waals surface area contributed by atoms with E-state index >= 15 is 0 Å². The molecular formula is C8H19N3O2S. The molecule has 0 aliphatic carbocycles. The lowest BCUT2D eigenvalue weighted by molar-refractivity contribution is 0.238. The van der Waals surface area contributed by atoms with Crippen LogP contribution in [0.15, 0.2) is 0 Å². The lowest BCUT2D eigenvalue weighted by Crippen LogP contribution is -2.56. The van der Waals surface area contributed by atoms with E-state index in [0.717, 1.165) is 19.4 Å². The van der Waals surface area contributed by atoms with Crippen LogP contribution < -0.4 is 11.1 Å². The molecule has 1 heterocycles. The van der Waals surface area contributed by atoms with Crippen molar-refractivity contribution < 1.29 is 8.42 Å². The van der Waals surface area contributed by atoms with Crippen LogP contribution in [0.2, 0.25) is 0 Å². The summed E-state index contributed by atoms with van der Waals surface area (Å²) in [5, 5.41) is 3.24. The van der Waals surface area contributed by atoms with E-state index in [1.807, 2.05) is 0 Å². The van der Waals surface area contributed by atoms with Crippen LogP contribution in [0.25, 0.3) is 0 Å². The predicted octanol–water partition coefficient (Wildman–Crippen LogP) is -1.04. The number of piperidine rings is 1. The van der Waals surface area contributed by atoms with Gasteiger partial charge in [-0.15, -0.1) is 0 Å². The molecular weight excluding hydrogens is 202 g/mol. The monoisotopic (exact) mass is 221 g/mol. The average molecular weight is 221 g/mol. The van der Waals surface area contributed by atoms with Gasteiger partial charge in [0.1, 0.15) is 0 Å². The van der Waals surface area contributed by atoms with Crippen molar-refractivity contribution in [2.24, 2.45) is 5.73 Å². The van der Waals surface area contributed by atoms with Crippen LogP contribution in [-0.2, 0) is 10.0 Å². The number of hydrogen-bond acceptors (Lipinski definition) is 4. The minimum atomic E-state index is -3.11. The second kappa shape index (κ2) is 4.57. The standard InChI is InChI=1S/C8H19N3O2S/c1-11(14(2,12)13)8-4-3-5-10-7(8)6-9/h7-8,10H,3-6,9H2,1-2H3. The summed E-state index contributed by atoms with van der Waals surface area (Å²) in [7, 11) is -1.49. The summed E-state index contributed by atoms with van der Waals surface area (Å²) in [4.78, 5) is 0. The molecule has 5 nitrogen and oxygen atoms in total. The van der Waals surface area contributed by atoms with Crippen molar-refractivity contribution in [2.75, 3.05) is 26.4 Å². The Morgan fingerprint density at radius 1 is 1.57 bits per heavy atom. The summed E-state index contributed by atoms with van der Waals surface area (Å²) >= 11 is 0. The molecule has 2 atom stereocenters. The molecule has 0 aromatic heterocycles. The zero-order valence-electron chi connectivity index (χ0n) is 8.73. The molecule has 1 aliphatic heterocycles. The summed E-state index contributed by atoms with van der Waals surface area (Å²) in [6.45, 7) is 1.40. The molecule has 6 heteroatoms. The molecule has 0 amide bonds. The van der Waals surface area contributed by atoms with Crippen molar-refractivity contribution in [3.8, 4) is 0 Å². The molecule has 2 unspecified atom stereocenters. The van der Waals surface area contributed by atoms with Crippen LogP contribution in [0.5, 0.6) is 0 Å². The Labute approximate surface area is 85.7 Å². The molecule has 0 spiro atoms. The Balaban J connectivity index is 2.73. The second-order valence-corrected chi connectivity index (χ2v) is 5.83. The van der Waals surface area contributed by atoms with Gasteiger partial charge in [-0.2, -0.15) is 0 Å². The van der Waals surface area contributed by atoms with Gasteiger partial charge < -0.3 is 11.1 Å². The predicted molar refractivity (Wildman–Crippen MR) is 56.5 cm³/mol. The smallest absolute Gasteiger partial charge is 0.211 e. The number of nitrogens with two attached hydrogens (primary N) is 1. The maximum Gasteiger partial charge on any atom is 0.211 e. The highest BCUT2D eigenvalue weighted by molar-refractivity contribution is 7.88. The van der Waals surface area contributed by atoms with Crippen LogP contribution in [0.1, 0.15) is 12.8 Å². The van der Waals surface area contributed by atoms with Gasteiger partial charge in [0.2, 0.25) is 10.0 Å². The van der Waals surface area contributed by atoms with Crippen LogP contribution in [0, 0.1) is 0 Å². The van der Waals surface area contributed by atoms with Crippen molar-refractivity contribution in [3.05, 3.63) is 0 Å². The topological polar surface area (TPSA) is 75.4 Å². The Kier molecular flexibility index (Phi) is 3.88. The van der Waals surface area contributed by atoms with E-state index in [1.54, 1.807) is 7.05 Å². The zero-order chi connectivity index (χ0) is 10.8. The number of nitrogens with zero attached hydrogens (tertiary/aromatic N) is 1. The molecule has 0 aromatic carbocycles. The van der Waals surface area contributed by atoms with Crippen LogP contribution in [-0.4, -0.2) is 51.2 Å². The van der Waals surface area contributed by atoms with Gasteiger partial charge in [0.15, 0.2) is 0 Å². The number of hydrogen-bond donors (Lipinski definition) is 2. The molecule has 14 heavy (non-hydrogen) atoms. The first-order valence-corrected chi connectivity index (χ1v) is 6.68. The third-order valence-electron chi connectivity index (χ3n) is 2.79. The van der Waals surface area contributed by atoms with Gasteiger partial charge in [0.25, 0.3) is 0 Å². The van der Waals surface area contributed by atoms with E-state index in [-0.39, 0.29) is 12.1 Å². The Morgan fingerprint density at radius 3 is 2.71 bits per heavy atom. The lowest BCUT2D eigenvalue weighted by atomic mass is 9.99. The maximum absolute atomic E-state index is 11.3. The molecule has 1 saturated heterocycles. The molecule has 1 fully saturated rings. The largest absolute Gasteiger partial charge is 0.329 e. The number of rotatable bonds is 3. The van der Waals surface area contributed by atoms with E-state index < -0.39 is 10.0 Å². The highest BCUT2D eigenvalue weighted by Gasteiger charge is 2.31. The number of sulfonamides is 1. The minimum Gasteiger partial charge on any atom is -0.329 e. The van der Waals surface area contributed by atoms with Crippen molar-refractivity contribution in [3.63, 3.8) is 0 Å². The molecule has 1 rings (SSSR count). The fourth-order valence-electron chi connectivity index (χ4n) is 1.86. The first kappa shape index (κ1) is 11.9. The summed E-state index contributed by atoms with van der Waals surface area (Å²) < 4.78 is 24.1. The molecule has 0 saturated carbocycles. The first-order chi connectivity index (χ1) is 6.46. The molecule has 84 valence electrons. The summed E-state index contributed by atoms with van der Waals surface area (Å²) in [5.74, 6) is 0. The minimum absolute atomic E-state index is 0.00347. The lowest BCUT2D eigenvalue weighted by Gasteiger charge is -2.36. The highest BCUT2D eigenvalue weighted by atomic mass is 32.2. The van der Waals surface area contributed by atoms with Gasteiger partial charge in [0.05, 0.1) is 6.26 Å². The third-order valence-corrected chi connectivity index (χ3v) is 4.11. The Hall–Kier alpha value is -0.170. The van der Waals surface area contributed by atoms with Gasteiger partial charge in [-0.25, -0.2) is 12.7 Å². The van der Waals surface area contributed by atoms with E-state index in [9.17, 15) is 8.42 Å². The van der Waals surface area contributed by atoms with Gasteiger partial charge in [-0.3, -0.25) is 0 Å². The van der Waals surface area contributed by atoms with Crippen molar-refractivity contribution in [1.29, 1.82) is 0 Å². The van der Waals surface area contributed by atoms with Crippen molar-refractivity contribution in [2.45, 2.75) is 24.9 Å². The normalized spacial score (nSPS) is 29.4. The maximum atomic E-state index is 11.3. The van der Waals surface area contributed by atoms with Crippen LogP contribution in [0.3, 0.4) is 0 Å². The highest BCUT2D eigenvalue weighted by Crippen LogP contribution is 2.16. The molecule has 0 bridgehead atoms. The van der Waals surface area contributed by atoms with Gasteiger partial charge >= 0.3 is 0 Å². The molecule has 0 aromatic rings. The fourth-order valence-corrected chi connectivity index (χ4v) is 2.60.